The molecule has 7 nitrogen and oxygen atoms in total. The highest BCUT2D eigenvalue weighted by molar-refractivity contribution is 6.30. The van der Waals surface area contributed by atoms with Crippen LogP contribution in [0.15, 0.2) is 48.5 Å². The highest BCUT2D eigenvalue weighted by atomic mass is 35.5. The molecular weight excluding hydrogens is 441 g/mol. The number of carbonyl (C=O) groups is 1. The number of ether oxygens (including phenoxy) is 2. The standard InChI is InChI=1S/C20H12ClF3N2O5/c1-30-17-8-10(20(27)25-13-5-4-12(22)18(23)19(13)24)2-6-16(17)31-15-7-3-11(21)9-14(15)26(28)29/h2-9H,1H3,(H,25,27). The van der Waals surface area contributed by atoms with E-state index in [1.807, 2.05) is 0 Å². The van der Waals surface area contributed by atoms with Crippen LogP contribution in [0.5, 0.6) is 17.2 Å². The summed E-state index contributed by atoms with van der Waals surface area (Å²) in [7, 11) is 1.27. The van der Waals surface area contributed by atoms with Gasteiger partial charge in [0.2, 0.25) is 5.75 Å². The van der Waals surface area contributed by atoms with Crippen molar-refractivity contribution >= 4 is 28.9 Å². The van der Waals surface area contributed by atoms with Gasteiger partial charge in [0, 0.05) is 16.7 Å². The smallest absolute Gasteiger partial charge is 0.313 e. The summed E-state index contributed by atoms with van der Waals surface area (Å²) in [6, 6.07) is 9.15. The number of nitro groups is 1. The van der Waals surface area contributed by atoms with Crippen LogP contribution in [0.2, 0.25) is 5.02 Å². The lowest BCUT2D eigenvalue weighted by Gasteiger charge is -2.13. The third-order valence-electron chi connectivity index (χ3n) is 4.05. The monoisotopic (exact) mass is 452 g/mol. The summed E-state index contributed by atoms with van der Waals surface area (Å²) in [4.78, 5) is 22.9. The lowest BCUT2D eigenvalue weighted by molar-refractivity contribution is -0.385. The van der Waals surface area contributed by atoms with Crippen LogP contribution in [0.1, 0.15) is 10.4 Å². The van der Waals surface area contributed by atoms with Crippen LogP contribution in [0.3, 0.4) is 0 Å². The number of nitrogens with one attached hydrogen (secondary N) is 1. The zero-order valence-corrected chi connectivity index (χ0v) is 16.4. The molecule has 0 aliphatic carbocycles. The number of hydrogen-bond donors (Lipinski definition) is 1. The lowest BCUT2D eigenvalue weighted by atomic mass is 10.1. The first-order chi connectivity index (χ1) is 14.7. The van der Waals surface area contributed by atoms with E-state index in [1.165, 1.54) is 37.4 Å². The number of benzene rings is 3. The molecule has 0 aliphatic rings. The lowest BCUT2D eigenvalue weighted by Crippen LogP contribution is -2.14. The van der Waals surface area contributed by atoms with E-state index in [0.717, 1.165) is 12.1 Å². The van der Waals surface area contributed by atoms with E-state index >= 15 is 0 Å². The van der Waals surface area contributed by atoms with Crippen LogP contribution >= 0.6 is 11.6 Å². The van der Waals surface area contributed by atoms with Crippen molar-refractivity contribution in [2.75, 3.05) is 12.4 Å². The third kappa shape index (κ3) is 4.69. The number of halogens is 4. The van der Waals surface area contributed by atoms with Gasteiger partial charge in [-0.25, -0.2) is 13.2 Å². The van der Waals surface area contributed by atoms with E-state index < -0.39 is 34.0 Å². The fraction of sp³-hybridized carbons (Fsp3) is 0.0500. The van der Waals surface area contributed by atoms with Crippen LogP contribution in [-0.4, -0.2) is 17.9 Å². The second-order valence-electron chi connectivity index (χ2n) is 6.01. The summed E-state index contributed by atoms with van der Waals surface area (Å²) < 4.78 is 50.9. The second-order valence-corrected chi connectivity index (χ2v) is 6.45. The number of anilines is 1. The minimum atomic E-state index is -1.72. The van der Waals surface area contributed by atoms with Crippen molar-refractivity contribution in [2.24, 2.45) is 0 Å². The van der Waals surface area contributed by atoms with Crippen molar-refractivity contribution in [1.29, 1.82) is 0 Å². The molecule has 11 heteroatoms. The number of amides is 1. The van der Waals surface area contributed by atoms with Crippen molar-refractivity contribution in [3.8, 4) is 17.2 Å². The summed E-state index contributed by atoms with van der Waals surface area (Å²) in [5.74, 6) is -5.54. The molecule has 0 aromatic heterocycles. The van der Waals surface area contributed by atoms with Crippen molar-refractivity contribution < 1.29 is 32.4 Å². The Kier molecular flexibility index (Phi) is 6.30. The van der Waals surface area contributed by atoms with Gasteiger partial charge in [0.25, 0.3) is 5.91 Å². The Labute approximate surface area is 178 Å². The molecule has 3 aromatic rings. The summed E-state index contributed by atoms with van der Waals surface area (Å²) in [6.45, 7) is 0. The molecule has 0 saturated carbocycles. The minimum Gasteiger partial charge on any atom is -0.493 e. The van der Waals surface area contributed by atoms with E-state index in [1.54, 1.807) is 0 Å². The molecule has 0 radical (unpaired) electrons. The molecule has 0 spiro atoms. The number of nitro benzene ring substituents is 1. The van der Waals surface area contributed by atoms with E-state index in [9.17, 15) is 28.1 Å². The average Bonchev–Trinajstić information content (AvgIpc) is 2.75. The summed E-state index contributed by atoms with van der Waals surface area (Å²) in [5.41, 5.74) is -0.968. The maximum Gasteiger partial charge on any atom is 0.313 e. The third-order valence-corrected chi connectivity index (χ3v) is 4.28. The first-order valence-electron chi connectivity index (χ1n) is 8.46. The Morgan fingerprint density at radius 1 is 1.00 bits per heavy atom. The second kappa shape index (κ2) is 8.92. The van der Waals surface area contributed by atoms with Gasteiger partial charge in [-0.15, -0.1) is 0 Å². The topological polar surface area (TPSA) is 90.7 Å². The number of carbonyl (C=O) groups excluding carboxylic acids is 1. The largest absolute Gasteiger partial charge is 0.493 e. The SMILES string of the molecule is COc1cc(C(=O)Nc2ccc(F)c(F)c2F)ccc1Oc1ccc(Cl)cc1[N+](=O)[O-]. The minimum absolute atomic E-state index is 0.0288. The van der Waals surface area contributed by atoms with Gasteiger partial charge >= 0.3 is 5.69 Å². The van der Waals surface area contributed by atoms with E-state index in [2.05, 4.69) is 5.32 Å². The fourth-order valence-corrected chi connectivity index (χ4v) is 2.71. The van der Waals surface area contributed by atoms with Crippen molar-refractivity contribution in [3.63, 3.8) is 0 Å². The Bertz CT molecular complexity index is 1190. The molecule has 0 unspecified atom stereocenters. The van der Waals surface area contributed by atoms with Crippen LogP contribution < -0.4 is 14.8 Å². The number of nitrogens with zero attached hydrogens (tertiary/aromatic N) is 1. The first-order valence-corrected chi connectivity index (χ1v) is 8.83. The Morgan fingerprint density at radius 2 is 1.71 bits per heavy atom. The normalized spacial score (nSPS) is 10.5. The summed E-state index contributed by atoms with van der Waals surface area (Å²) in [6.07, 6.45) is 0. The molecule has 0 heterocycles. The Hall–Kier alpha value is -3.79. The van der Waals surface area contributed by atoms with Gasteiger partial charge < -0.3 is 14.8 Å². The molecule has 0 fully saturated rings. The van der Waals surface area contributed by atoms with E-state index in [-0.39, 0.29) is 33.5 Å². The molecule has 0 atom stereocenters. The molecular formula is C20H12ClF3N2O5. The van der Waals surface area contributed by atoms with Gasteiger partial charge in [0.1, 0.15) is 0 Å². The van der Waals surface area contributed by atoms with Gasteiger partial charge in [0.15, 0.2) is 29.0 Å². The molecule has 31 heavy (non-hydrogen) atoms. The quantitative estimate of drug-likeness (QED) is 0.293. The highest BCUT2D eigenvalue weighted by Crippen LogP contribution is 2.38. The van der Waals surface area contributed by atoms with Crippen LogP contribution in [-0.2, 0) is 0 Å². The van der Waals surface area contributed by atoms with Gasteiger partial charge in [-0.3, -0.25) is 14.9 Å². The van der Waals surface area contributed by atoms with Gasteiger partial charge in [0.05, 0.1) is 17.7 Å². The molecule has 0 bridgehead atoms. The van der Waals surface area contributed by atoms with Crippen LogP contribution in [0, 0.1) is 27.6 Å². The molecule has 160 valence electrons. The molecule has 0 saturated heterocycles. The predicted octanol–water partition coefficient (Wildman–Crippen LogP) is 5.72. The van der Waals surface area contributed by atoms with Crippen molar-refractivity contribution in [3.05, 3.63) is 86.7 Å². The summed E-state index contributed by atoms with van der Waals surface area (Å²) >= 11 is 5.77. The molecule has 1 amide bonds. The van der Waals surface area contributed by atoms with Crippen LogP contribution in [0.4, 0.5) is 24.5 Å². The fourth-order valence-electron chi connectivity index (χ4n) is 2.55. The van der Waals surface area contributed by atoms with Gasteiger partial charge in [-0.1, -0.05) is 11.6 Å². The van der Waals surface area contributed by atoms with E-state index in [0.29, 0.717) is 6.07 Å². The summed E-state index contributed by atoms with van der Waals surface area (Å²) in [5, 5.41) is 13.5. The molecule has 1 N–H and O–H groups in total. The van der Waals surface area contributed by atoms with Gasteiger partial charge in [-0.05, 0) is 42.5 Å². The zero-order valence-electron chi connectivity index (χ0n) is 15.6. The zero-order chi connectivity index (χ0) is 22.7. The first kappa shape index (κ1) is 21.9. The highest BCUT2D eigenvalue weighted by Gasteiger charge is 2.20. The Morgan fingerprint density at radius 3 is 2.39 bits per heavy atom. The molecule has 3 rings (SSSR count). The van der Waals surface area contributed by atoms with Gasteiger partial charge in [-0.2, -0.15) is 0 Å². The van der Waals surface area contributed by atoms with Crippen molar-refractivity contribution in [2.45, 2.75) is 0 Å². The van der Waals surface area contributed by atoms with Crippen LogP contribution in [0.25, 0.3) is 0 Å². The number of rotatable bonds is 6. The average molecular weight is 453 g/mol. The maximum atomic E-state index is 13.8. The number of methoxy groups -OCH3 is 1. The predicted molar refractivity (Wildman–Crippen MR) is 105 cm³/mol. The number of hydrogen-bond acceptors (Lipinski definition) is 5. The maximum absolute atomic E-state index is 13.8. The molecule has 3 aromatic carbocycles. The van der Waals surface area contributed by atoms with Crippen molar-refractivity contribution in [1.82, 2.24) is 0 Å². The van der Waals surface area contributed by atoms with E-state index in [4.69, 9.17) is 21.1 Å². The molecule has 0 aliphatic heterocycles. The Balaban J connectivity index is 1.88.